The minimum absolute atomic E-state index is 0.125. The normalized spacial score (nSPS) is 13.5. The lowest BCUT2D eigenvalue weighted by Gasteiger charge is -2.34. The number of amides is 1. The number of hydrogen-bond donors (Lipinski definition) is 2. The molecule has 0 bridgehead atoms. The number of ether oxygens (including phenoxy) is 2. The molecule has 0 saturated carbocycles. The van der Waals surface area contributed by atoms with Crippen LogP contribution in [0.15, 0.2) is 0 Å². The van der Waals surface area contributed by atoms with Gasteiger partial charge in [-0.3, -0.25) is 4.79 Å². The Balaban J connectivity index is 3.65. The molecule has 0 aliphatic carbocycles. The Labute approximate surface area is 151 Å². The zero-order valence-corrected chi connectivity index (χ0v) is 15.6. The molecule has 0 aliphatic rings. The maximum atomic E-state index is 13.8. The fraction of sp³-hybridized carbons (Fsp3) is 0.533. The summed E-state index contributed by atoms with van der Waals surface area (Å²) in [7, 11) is 1.84. The van der Waals surface area contributed by atoms with Crippen LogP contribution in [0, 0.1) is 6.92 Å². The molecule has 1 aromatic heterocycles. The first-order chi connectivity index (χ1) is 11.9. The quantitative estimate of drug-likeness (QED) is 0.567. The monoisotopic (exact) mass is 396 g/mol. The number of hydrogen-bond acceptors (Lipinski definition) is 7. The molecule has 0 unspecified atom stereocenters. The van der Waals surface area contributed by atoms with E-state index in [0.717, 1.165) is 32.5 Å². The Hall–Kier alpha value is -2.30. The van der Waals surface area contributed by atoms with E-state index in [0.29, 0.717) is 16.9 Å². The van der Waals surface area contributed by atoms with Crippen molar-refractivity contribution < 1.29 is 37.0 Å². The summed E-state index contributed by atoms with van der Waals surface area (Å²) in [6.07, 6.45) is -4.91. The maximum Gasteiger partial charge on any atom is 0.441 e. The first-order valence-corrected chi connectivity index (χ1v) is 8.19. The van der Waals surface area contributed by atoms with Gasteiger partial charge >= 0.3 is 23.8 Å². The van der Waals surface area contributed by atoms with Crippen LogP contribution in [0.25, 0.3) is 0 Å². The fourth-order valence-corrected chi connectivity index (χ4v) is 3.58. The highest BCUT2D eigenvalue weighted by Crippen LogP contribution is 2.39. The molecule has 0 fully saturated rings. The molecule has 26 heavy (non-hydrogen) atoms. The summed E-state index contributed by atoms with van der Waals surface area (Å²) in [6.45, 7) is 4.16. The molecular weight excluding hydrogens is 377 g/mol. The van der Waals surface area contributed by atoms with Crippen LogP contribution in [0.5, 0.6) is 0 Å². The number of nitrogens with one attached hydrogen (secondary N) is 2. The molecule has 11 heteroatoms. The zero-order valence-electron chi connectivity index (χ0n) is 14.8. The van der Waals surface area contributed by atoms with Crippen molar-refractivity contribution in [2.45, 2.75) is 39.0 Å². The van der Waals surface area contributed by atoms with Gasteiger partial charge in [-0.15, -0.1) is 11.3 Å². The molecule has 1 amide bonds. The Morgan fingerprint density at radius 2 is 1.73 bits per heavy atom. The van der Waals surface area contributed by atoms with E-state index < -0.39 is 29.7 Å². The minimum atomic E-state index is -5.26. The highest BCUT2D eigenvalue weighted by Gasteiger charge is 2.63. The molecule has 0 aromatic carbocycles. The standard InChI is InChI=1S/C15H19F3N2O5S/c1-6-9-7(2)26-11(10(9)12(22)24-4)20-14(13(23)25-5,15(16,17)18)19-8(3)21/h20H,6H2,1-5H3,(H,19,21)/t14-/m0/s1. The molecule has 0 aliphatic heterocycles. The van der Waals surface area contributed by atoms with Gasteiger partial charge in [0.15, 0.2) is 0 Å². The van der Waals surface area contributed by atoms with Crippen LogP contribution in [0.3, 0.4) is 0 Å². The number of aryl methyl sites for hydroxylation is 1. The summed E-state index contributed by atoms with van der Waals surface area (Å²) in [5.74, 6) is -3.76. The minimum Gasteiger partial charge on any atom is -0.466 e. The number of thiophene rings is 1. The summed E-state index contributed by atoms with van der Waals surface area (Å²) >= 11 is 0.836. The van der Waals surface area contributed by atoms with Gasteiger partial charge in [-0.05, 0) is 18.9 Å². The van der Waals surface area contributed by atoms with Gasteiger partial charge in [0.2, 0.25) is 5.91 Å². The van der Waals surface area contributed by atoms with Crippen LogP contribution in [-0.2, 0) is 25.5 Å². The third-order valence-electron chi connectivity index (χ3n) is 3.53. The summed E-state index contributed by atoms with van der Waals surface area (Å²) in [4.78, 5) is 36.0. The molecule has 7 nitrogen and oxygen atoms in total. The van der Waals surface area contributed by atoms with E-state index in [1.165, 1.54) is 0 Å². The topological polar surface area (TPSA) is 93.7 Å². The second kappa shape index (κ2) is 7.94. The van der Waals surface area contributed by atoms with Crippen molar-refractivity contribution in [2.24, 2.45) is 0 Å². The second-order valence-corrected chi connectivity index (χ2v) is 6.46. The van der Waals surface area contributed by atoms with Crippen molar-refractivity contribution in [3.63, 3.8) is 0 Å². The van der Waals surface area contributed by atoms with Crippen LogP contribution in [0.4, 0.5) is 18.2 Å². The van der Waals surface area contributed by atoms with E-state index in [9.17, 15) is 27.6 Å². The lowest BCUT2D eigenvalue weighted by Crippen LogP contribution is -2.69. The molecule has 2 N–H and O–H groups in total. The van der Waals surface area contributed by atoms with Crippen molar-refractivity contribution in [2.75, 3.05) is 19.5 Å². The van der Waals surface area contributed by atoms with Gasteiger partial charge in [-0.2, -0.15) is 13.2 Å². The molecule has 0 spiro atoms. The maximum absolute atomic E-state index is 13.8. The van der Waals surface area contributed by atoms with Crippen LogP contribution >= 0.6 is 11.3 Å². The van der Waals surface area contributed by atoms with E-state index in [2.05, 4.69) is 9.47 Å². The van der Waals surface area contributed by atoms with E-state index in [-0.39, 0.29) is 10.6 Å². The van der Waals surface area contributed by atoms with E-state index in [1.54, 1.807) is 19.2 Å². The first kappa shape index (κ1) is 21.7. The first-order valence-electron chi connectivity index (χ1n) is 7.37. The number of anilines is 1. The van der Waals surface area contributed by atoms with Gasteiger partial charge in [0.25, 0.3) is 0 Å². The van der Waals surface area contributed by atoms with Crippen LogP contribution in [-0.4, -0.2) is 43.9 Å². The molecule has 0 radical (unpaired) electrons. The van der Waals surface area contributed by atoms with Gasteiger partial charge in [0, 0.05) is 11.8 Å². The SMILES string of the molecule is CCc1c(C)sc(N[C@@](NC(C)=O)(C(=O)OC)C(F)(F)F)c1C(=O)OC. The molecule has 1 aromatic rings. The Kier molecular flexibility index (Phi) is 6.64. The molecule has 0 saturated heterocycles. The lowest BCUT2D eigenvalue weighted by atomic mass is 10.1. The highest BCUT2D eigenvalue weighted by molar-refractivity contribution is 7.16. The predicted octanol–water partition coefficient (Wildman–Crippen LogP) is 2.39. The number of alkyl halides is 3. The second-order valence-electron chi connectivity index (χ2n) is 5.23. The molecule has 1 heterocycles. The van der Waals surface area contributed by atoms with Gasteiger partial charge in [-0.25, -0.2) is 9.59 Å². The average molecular weight is 396 g/mol. The van der Waals surface area contributed by atoms with Crippen LogP contribution in [0.2, 0.25) is 0 Å². The fourth-order valence-electron chi connectivity index (χ4n) is 2.39. The van der Waals surface area contributed by atoms with Crippen molar-refractivity contribution in [3.05, 3.63) is 16.0 Å². The third-order valence-corrected chi connectivity index (χ3v) is 4.60. The van der Waals surface area contributed by atoms with Crippen molar-refractivity contribution >= 4 is 34.2 Å². The summed E-state index contributed by atoms with van der Waals surface area (Å²) < 4.78 is 50.2. The summed E-state index contributed by atoms with van der Waals surface area (Å²) in [5.41, 5.74) is -3.20. The number of carbonyl (C=O) groups is 3. The highest BCUT2D eigenvalue weighted by atomic mass is 32.1. The Morgan fingerprint density at radius 1 is 1.15 bits per heavy atom. The third kappa shape index (κ3) is 3.92. The molecule has 1 rings (SSSR count). The largest absolute Gasteiger partial charge is 0.466 e. The molecular formula is C15H19F3N2O5S. The van der Waals surface area contributed by atoms with Gasteiger partial charge in [0.1, 0.15) is 5.00 Å². The molecule has 146 valence electrons. The number of esters is 2. The zero-order chi connectivity index (χ0) is 20.3. The van der Waals surface area contributed by atoms with Crippen molar-refractivity contribution in [3.8, 4) is 0 Å². The number of methoxy groups -OCH3 is 2. The van der Waals surface area contributed by atoms with E-state index in [4.69, 9.17) is 0 Å². The molecule has 1 atom stereocenters. The van der Waals surface area contributed by atoms with Gasteiger partial charge in [0.05, 0.1) is 19.8 Å². The Bertz CT molecular complexity index is 717. The number of rotatable bonds is 6. The predicted molar refractivity (Wildman–Crippen MR) is 88.0 cm³/mol. The average Bonchev–Trinajstić information content (AvgIpc) is 2.86. The lowest BCUT2D eigenvalue weighted by molar-refractivity contribution is -0.206. The van der Waals surface area contributed by atoms with Gasteiger partial charge < -0.3 is 20.1 Å². The summed E-state index contributed by atoms with van der Waals surface area (Å²) in [6, 6.07) is 0. The van der Waals surface area contributed by atoms with Gasteiger partial charge in [-0.1, -0.05) is 6.92 Å². The van der Waals surface area contributed by atoms with E-state index >= 15 is 0 Å². The van der Waals surface area contributed by atoms with Crippen LogP contribution in [0.1, 0.15) is 34.6 Å². The van der Waals surface area contributed by atoms with Crippen LogP contribution < -0.4 is 10.6 Å². The van der Waals surface area contributed by atoms with E-state index in [1.807, 2.05) is 5.32 Å². The summed E-state index contributed by atoms with van der Waals surface area (Å²) in [5, 5.41) is 3.29. The number of halogens is 3. The van der Waals surface area contributed by atoms with Crippen molar-refractivity contribution in [1.82, 2.24) is 5.32 Å². The smallest absolute Gasteiger partial charge is 0.441 e. The van der Waals surface area contributed by atoms with Crippen molar-refractivity contribution in [1.29, 1.82) is 0 Å². The number of carbonyl (C=O) groups excluding carboxylic acids is 3. The Morgan fingerprint density at radius 3 is 2.12 bits per heavy atom.